The summed E-state index contributed by atoms with van der Waals surface area (Å²) >= 11 is 0. The van der Waals surface area contributed by atoms with E-state index in [1.807, 2.05) is 13.0 Å². The first-order valence-electron chi connectivity index (χ1n) is 4.93. The molecule has 1 N–H and O–H groups in total. The van der Waals surface area contributed by atoms with Gasteiger partial charge in [0.05, 0.1) is 0 Å². The van der Waals surface area contributed by atoms with Crippen LogP contribution < -0.4 is 0 Å². The van der Waals surface area contributed by atoms with Gasteiger partial charge in [0.15, 0.2) is 0 Å². The number of rotatable bonds is 3. The predicted octanol–water partition coefficient (Wildman–Crippen LogP) is 2.93. The quantitative estimate of drug-likeness (QED) is 0.424. The zero-order valence-electron chi connectivity index (χ0n) is 8.44. The lowest BCUT2D eigenvalue weighted by atomic mass is 9.93. The molecule has 2 heteroatoms. The van der Waals surface area contributed by atoms with Crippen LogP contribution >= 0.6 is 0 Å². The normalized spacial score (nSPS) is 22.9. The second-order valence-corrected chi connectivity index (χ2v) is 3.63. The average Bonchev–Trinajstić information content (AvgIpc) is 2.15. The average molecular weight is 192 g/mol. The maximum Gasteiger partial charge on any atom is 0.328 e. The first kappa shape index (κ1) is 10.8. The van der Waals surface area contributed by atoms with Crippen molar-refractivity contribution < 1.29 is 9.90 Å². The van der Waals surface area contributed by atoms with Crippen LogP contribution in [0.25, 0.3) is 0 Å². The maximum atomic E-state index is 10.3. The molecule has 0 amide bonds. The van der Waals surface area contributed by atoms with Gasteiger partial charge < -0.3 is 5.11 Å². The van der Waals surface area contributed by atoms with Gasteiger partial charge in [0.2, 0.25) is 0 Å². The summed E-state index contributed by atoms with van der Waals surface area (Å²) in [5.74, 6) is -0.298. The van der Waals surface area contributed by atoms with Crippen LogP contribution in [0.3, 0.4) is 0 Å². The zero-order valence-corrected chi connectivity index (χ0v) is 8.44. The van der Waals surface area contributed by atoms with Crippen molar-refractivity contribution in [2.75, 3.05) is 0 Å². The minimum Gasteiger partial charge on any atom is -0.478 e. The van der Waals surface area contributed by atoms with Crippen LogP contribution in [0.1, 0.15) is 26.2 Å². The van der Waals surface area contributed by atoms with Crippen molar-refractivity contribution in [1.29, 1.82) is 0 Å². The van der Waals surface area contributed by atoms with Crippen molar-refractivity contribution in [2.45, 2.75) is 26.2 Å². The van der Waals surface area contributed by atoms with Crippen molar-refractivity contribution in [1.82, 2.24) is 0 Å². The lowest BCUT2D eigenvalue weighted by molar-refractivity contribution is -0.131. The van der Waals surface area contributed by atoms with Crippen LogP contribution in [-0.4, -0.2) is 11.1 Å². The van der Waals surface area contributed by atoms with E-state index in [4.69, 9.17) is 5.11 Å². The number of carboxylic acid groups (broad SMARTS) is 1. The number of allylic oxidation sites excluding steroid dienone is 5. The molecule has 1 aliphatic rings. The molecular weight excluding hydrogens is 176 g/mol. The number of hydrogen-bond donors (Lipinski definition) is 1. The summed E-state index contributed by atoms with van der Waals surface area (Å²) in [7, 11) is 0. The highest BCUT2D eigenvalue weighted by atomic mass is 16.4. The first-order chi connectivity index (χ1) is 6.68. The second kappa shape index (κ2) is 5.43. The Morgan fingerprint density at radius 2 is 2.29 bits per heavy atom. The molecule has 0 saturated heterocycles. The van der Waals surface area contributed by atoms with Gasteiger partial charge >= 0.3 is 5.97 Å². The molecule has 14 heavy (non-hydrogen) atoms. The van der Waals surface area contributed by atoms with Gasteiger partial charge in [0.1, 0.15) is 0 Å². The Morgan fingerprint density at radius 3 is 2.86 bits per heavy atom. The summed E-state index contributed by atoms with van der Waals surface area (Å²) in [6, 6.07) is 0. The molecule has 0 fully saturated rings. The predicted molar refractivity (Wildman–Crippen MR) is 57.0 cm³/mol. The Bertz CT molecular complexity index is 285. The highest BCUT2D eigenvalue weighted by Gasteiger charge is 2.04. The van der Waals surface area contributed by atoms with Crippen molar-refractivity contribution in [3.05, 3.63) is 36.0 Å². The van der Waals surface area contributed by atoms with Gasteiger partial charge in [-0.3, -0.25) is 0 Å². The molecule has 1 unspecified atom stereocenters. The van der Waals surface area contributed by atoms with Gasteiger partial charge in [-0.1, -0.05) is 24.3 Å². The molecule has 1 aliphatic carbocycles. The van der Waals surface area contributed by atoms with E-state index in [1.165, 1.54) is 12.5 Å². The first-order valence-corrected chi connectivity index (χ1v) is 4.93. The van der Waals surface area contributed by atoms with E-state index in [0.717, 1.165) is 18.4 Å². The van der Waals surface area contributed by atoms with Crippen LogP contribution in [0, 0.1) is 5.92 Å². The number of aliphatic carboxylic acids is 1. The van der Waals surface area contributed by atoms with E-state index in [9.17, 15) is 4.79 Å². The molecule has 0 heterocycles. The molecule has 1 atom stereocenters. The van der Waals surface area contributed by atoms with Crippen molar-refractivity contribution in [2.24, 2.45) is 5.92 Å². The molecule has 0 radical (unpaired) electrons. The third-order valence-electron chi connectivity index (χ3n) is 2.29. The minimum absolute atomic E-state index is 0.581. The second-order valence-electron chi connectivity index (χ2n) is 3.63. The monoisotopic (exact) mass is 192 g/mol. The molecule has 0 saturated carbocycles. The Morgan fingerprint density at radius 1 is 1.50 bits per heavy atom. The van der Waals surface area contributed by atoms with E-state index in [0.29, 0.717) is 5.92 Å². The van der Waals surface area contributed by atoms with E-state index in [-0.39, 0.29) is 0 Å². The number of carboxylic acids is 1. The van der Waals surface area contributed by atoms with Gasteiger partial charge in [-0.15, -0.1) is 0 Å². The highest BCUT2D eigenvalue weighted by molar-refractivity contribution is 5.81. The zero-order chi connectivity index (χ0) is 10.4. The fourth-order valence-corrected chi connectivity index (χ4v) is 1.52. The lowest BCUT2D eigenvalue weighted by Gasteiger charge is -2.12. The third-order valence-corrected chi connectivity index (χ3v) is 2.29. The fourth-order valence-electron chi connectivity index (χ4n) is 1.52. The minimum atomic E-state index is -0.879. The van der Waals surface area contributed by atoms with Crippen LogP contribution in [0.2, 0.25) is 0 Å². The molecule has 2 nitrogen and oxygen atoms in total. The Hall–Kier alpha value is -1.31. The van der Waals surface area contributed by atoms with Crippen molar-refractivity contribution in [3.8, 4) is 0 Å². The summed E-state index contributed by atoms with van der Waals surface area (Å²) < 4.78 is 0. The summed E-state index contributed by atoms with van der Waals surface area (Å²) in [6.45, 7) is 1.81. The van der Waals surface area contributed by atoms with Crippen LogP contribution in [0.15, 0.2) is 36.0 Å². The molecule has 0 aromatic heterocycles. The van der Waals surface area contributed by atoms with E-state index >= 15 is 0 Å². The molecule has 0 spiro atoms. The Labute approximate surface area is 84.6 Å². The smallest absolute Gasteiger partial charge is 0.328 e. The Balaban J connectivity index is 2.46. The number of carbonyl (C=O) groups is 1. The maximum absolute atomic E-state index is 10.3. The van der Waals surface area contributed by atoms with Gasteiger partial charge in [-0.2, -0.15) is 0 Å². The molecule has 1 rings (SSSR count). The van der Waals surface area contributed by atoms with Gasteiger partial charge in [0.25, 0.3) is 0 Å². The molecule has 76 valence electrons. The topological polar surface area (TPSA) is 37.3 Å². The van der Waals surface area contributed by atoms with E-state index in [2.05, 4.69) is 18.2 Å². The van der Waals surface area contributed by atoms with Crippen LogP contribution in [0.4, 0.5) is 0 Å². The van der Waals surface area contributed by atoms with Crippen LogP contribution in [-0.2, 0) is 4.79 Å². The molecular formula is C12H16O2. The SMILES string of the molecule is CC(/C=C/C1CC=CCC1)=C\C(=O)O. The summed E-state index contributed by atoms with van der Waals surface area (Å²) in [5, 5.41) is 8.50. The lowest BCUT2D eigenvalue weighted by Crippen LogP contribution is -1.98. The van der Waals surface area contributed by atoms with Crippen LogP contribution in [0.5, 0.6) is 0 Å². The largest absolute Gasteiger partial charge is 0.478 e. The molecule has 0 aromatic rings. The van der Waals surface area contributed by atoms with Crippen molar-refractivity contribution >= 4 is 5.97 Å². The third kappa shape index (κ3) is 4.08. The standard InChI is InChI=1S/C12H16O2/c1-10(9-12(13)14)7-8-11-5-3-2-4-6-11/h2-3,7-9,11H,4-6H2,1H3,(H,13,14)/b8-7+,10-9+. The molecule has 0 aliphatic heterocycles. The van der Waals surface area contributed by atoms with E-state index in [1.54, 1.807) is 0 Å². The highest BCUT2D eigenvalue weighted by Crippen LogP contribution is 2.19. The van der Waals surface area contributed by atoms with Gasteiger partial charge in [0, 0.05) is 6.08 Å². The van der Waals surface area contributed by atoms with E-state index < -0.39 is 5.97 Å². The van der Waals surface area contributed by atoms with Gasteiger partial charge in [-0.05, 0) is 37.7 Å². The Kier molecular flexibility index (Phi) is 4.17. The van der Waals surface area contributed by atoms with Crippen molar-refractivity contribution in [3.63, 3.8) is 0 Å². The summed E-state index contributed by atoms with van der Waals surface area (Å²) in [4.78, 5) is 10.3. The molecule has 0 aromatic carbocycles. The number of hydrogen-bond acceptors (Lipinski definition) is 1. The summed E-state index contributed by atoms with van der Waals surface area (Å²) in [5.41, 5.74) is 0.798. The van der Waals surface area contributed by atoms with Gasteiger partial charge in [-0.25, -0.2) is 4.79 Å². The summed E-state index contributed by atoms with van der Waals surface area (Å²) in [6.07, 6.45) is 13.0. The fraction of sp³-hybridized carbons (Fsp3) is 0.417. The molecule has 0 bridgehead atoms.